The lowest BCUT2D eigenvalue weighted by Crippen LogP contribution is -2.54. The minimum atomic E-state index is -0.542. The van der Waals surface area contributed by atoms with Gasteiger partial charge in [0.1, 0.15) is 0 Å². The summed E-state index contributed by atoms with van der Waals surface area (Å²) in [6, 6.07) is 4.86. The van der Waals surface area contributed by atoms with Crippen LogP contribution in [-0.2, 0) is 0 Å². The number of guanidine groups is 1. The summed E-state index contributed by atoms with van der Waals surface area (Å²) in [5.41, 5.74) is -0.395. The van der Waals surface area contributed by atoms with Gasteiger partial charge < -0.3 is 15.8 Å². The van der Waals surface area contributed by atoms with E-state index in [2.05, 4.69) is 15.6 Å². The molecule has 1 fully saturated rings. The van der Waals surface area contributed by atoms with Gasteiger partial charge in [-0.2, -0.15) is 10.3 Å². The highest BCUT2D eigenvalue weighted by molar-refractivity contribution is 6.35. The Bertz CT molecular complexity index is 696. The lowest BCUT2D eigenvalue weighted by molar-refractivity contribution is -0.193. The number of aliphatic imine (C=N–C) groups is 1. The molecule has 0 aliphatic carbocycles. The lowest BCUT2D eigenvalue weighted by atomic mass is 9.94. The summed E-state index contributed by atoms with van der Waals surface area (Å²) in [4.78, 5) is 3.79. The Balaban J connectivity index is 2.23. The van der Waals surface area contributed by atoms with Gasteiger partial charge >= 0.3 is 0 Å². The van der Waals surface area contributed by atoms with Crippen LogP contribution in [0.3, 0.4) is 0 Å². The van der Waals surface area contributed by atoms with Crippen molar-refractivity contribution in [2.24, 2.45) is 4.99 Å². The summed E-state index contributed by atoms with van der Waals surface area (Å²) in [5, 5.41) is 27.9. The Morgan fingerprint density at radius 1 is 1.38 bits per heavy atom. The number of nitriles is 1. The van der Waals surface area contributed by atoms with Crippen molar-refractivity contribution in [1.29, 1.82) is 5.26 Å². The molecule has 2 rings (SSSR count). The molecule has 8 heteroatoms. The number of rotatable bonds is 2. The molecule has 1 atom stereocenters. The number of nitrogens with one attached hydrogen (secondary N) is 2. The van der Waals surface area contributed by atoms with E-state index in [0.29, 0.717) is 22.2 Å². The molecular formula is C16H21Cl2N5O. The zero-order chi connectivity index (χ0) is 18.1. The third-order valence-corrected chi connectivity index (χ3v) is 4.89. The molecule has 1 saturated heterocycles. The number of benzene rings is 1. The number of halogens is 2. The van der Waals surface area contributed by atoms with Crippen molar-refractivity contribution in [1.82, 2.24) is 10.4 Å². The van der Waals surface area contributed by atoms with E-state index in [9.17, 15) is 5.21 Å². The quantitative estimate of drug-likeness (QED) is 0.418. The van der Waals surface area contributed by atoms with Gasteiger partial charge in [-0.3, -0.25) is 0 Å². The van der Waals surface area contributed by atoms with Crippen LogP contribution in [0.2, 0.25) is 10.0 Å². The summed E-state index contributed by atoms with van der Waals surface area (Å²) >= 11 is 12.1. The predicted octanol–water partition coefficient (Wildman–Crippen LogP) is 3.85. The van der Waals surface area contributed by atoms with Gasteiger partial charge in [-0.05, 0) is 52.3 Å². The van der Waals surface area contributed by atoms with Gasteiger partial charge in [0.15, 0.2) is 0 Å². The van der Waals surface area contributed by atoms with Crippen molar-refractivity contribution >= 4 is 34.8 Å². The van der Waals surface area contributed by atoms with Crippen molar-refractivity contribution in [3.05, 3.63) is 28.2 Å². The van der Waals surface area contributed by atoms with E-state index in [1.807, 2.05) is 27.7 Å². The Hall–Kier alpha value is -1.52. The average Bonchev–Trinajstić information content (AvgIpc) is 2.63. The summed E-state index contributed by atoms with van der Waals surface area (Å²) < 4.78 is 0. The molecular weight excluding hydrogens is 349 g/mol. The van der Waals surface area contributed by atoms with Crippen LogP contribution in [0.5, 0.6) is 0 Å². The van der Waals surface area contributed by atoms with Crippen molar-refractivity contribution in [3.63, 3.8) is 0 Å². The second kappa shape index (κ2) is 6.77. The number of anilines is 1. The molecule has 1 unspecified atom stereocenters. The normalized spacial score (nSPS) is 22.9. The Morgan fingerprint density at radius 3 is 2.58 bits per heavy atom. The Kier molecular flexibility index (Phi) is 5.31. The highest BCUT2D eigenvalue weighted by Crippen LogP contribution is 2.39. The molecule has 1 heterocycles. The minimum absolute atomic E-state index is 0.130. The third-order valence-electron chi connectivity index (χ3n) is 4.33. The van der Waals surface area contributed by atoms with Gasteiger partial charge in [0.05, 0.1) is 22.3 Å². The van der Waals surface area contributed by atoms with Crippen molar-refractivity contribution in [2.75, 3.05) is 5.32 Å². The summed E-state index contributed by atoms with van der Waals surface area (Å²) in [7, 11) is 0. The van der Waals surface area contributed by atoms with Gasteiger partial charge in [0.25, 0.3) is 0 Å². The highest BCUT2D eigenvalue weighted by Gasteiger charge is 2.51. The van der Waals surface area contributed by atoms with E-state index in [4.69, 9.17) is 28.5 Å². The van der Waals surface area contributed by atoms with E-state index in [1.54, 1.807) is 24.4 Å². The standard InChI is InChI=1S/C16H21Cl2N5O/c1-15(2)8-13(16(3,4)23(15)24)22-14(20-9-19)21-12-7-10(17)5-6-11(12)18/h5-7,13,24H,8H2,1-4H3,(H2,20,21,22). The SMILES string of the molecule is CC1(C)CC(NC(=NC#N)Nc2cc(Cl)ccc2Cl)C(C)(C)N1O. The monoisotopic (exact) mass is 369 g/mol. The third kappa shape index (κ3) is 3.76. The molecule has 6 nitrogen and oxygen atoms in total. The minimum Gasteiger partial charge on any atom is -0.350 e. The average molecular weight is 370 g/mol. The van der Waals surface area contributed by atoms with Crippen molar-refractivity contribution in [3.8, 4) is 6.19 Å². The molecule has 0 radical (unpaired) electrons. The van der Waals surface area contributed by atoms with Gasteiger partial charge in [0, 0.05) is 10.6 Å². The molecule has 1 aromatic carbocycles. The maximum atomic E-state index is 10.4. The summed E-state index contributed by atoms with van der Waals surface area (Å²) in [6.07, 6.45) is 2.44. The van der Waals surface area contributed by atoms with Crippen LogP contribution in [0.15, 0.2) is 23.2 Å². The molecule has 0 spiro atoms. The fourth-order valence-corrected chi connectivity index (χ4v) is 3.36. The molecule has 1 aromatic rings. The fraction of sp³-hybridized carbons (Fsp3) is 0.500. The van der Waals surface area contributed by atoms with Crippen molar-refractivity contribution < 1.29 is 5.21 Å². The maximum absolute atomic E-state index is 10.4. The van der Waals surface area contributed by atoms with Crippen molar-refractivity contribution in [2.45, 2.75) is 51.2 Å². The number of nitrogens with zero attached hydrogens (tertiary/aromatic N) is 3. The smallest absolute Gasteiger partial charge is 0.212 e. The summed E-state index contributed by atoms with van der Waals surface area (Å²) in [5.74, 6) is 0.255. The predicted molar refractivity (Wildman–Crippen MR) is 96.5 cm³/mol. The van der Waals surface area contributed by atoms with E-state index in [0.717, 1.165) is 0 Å². The van der Waals surface area contributed by atoms with Gasteiger partial charge in [-0.1, -0.05) is 23.2 Å². The summed E-state index contributed by atoms with van der Waals surface area (Å²) in [6.45, 7) is 7.77. The van der Waals surface area contributed by atoms with Gasteiger partial charge in [-0.25, -0.2) is 0 Å². The van der Waals surface area contributed by atoms with Gasteiger partial charge in [0.2, 0.25) is 12.2 Å². The van der Waals surface area contributed by atoms with Gasteiger partial charge in [-0.15, -0.1) is 4.99 Å². The zero-order valence-corrected chi connectivity index (χ0v) is 15.6. The van der Waals surface area contributed by atoms with Crippen LogP contribution in [0.25, 0.3) is 0 Å². The largest absolute Gasteiger partial charge is 0.350 e. The van der Waals surface area contributed by atoms with Crippen LogP contribution >= 0.6 is 23.2 Å². The molecule has 1 aliphatic heterocycles. The van der Waals surface area contributed by atoms with E-state index in [1.165, 1.54) is 5.06 Å². The first kappa shape index (κ1) is 18.8. The first-order valence-corrected chi connectivity index (χ1v) is 8.28. The van der Waals surface area contributed by atoms with Crippen LogP contribution < -0.4 is 10.6 Å². The zero-order valence-electron chi connectivity index (χ0n) is 14.1. The molecule has 0 saturated carbocycles. The Labute approximate surface area is 152 Å². The first-order valence-electron chi connectivity index (χ1n) is 7.52. The second-order valence-corrected chi connectivity index (χ2v) is 7.83. The fourth-order valence-electron chi connectivity index (χ4n) is 3.02. The van der Waals surface area contributed by atoms with Crippen LogP contribution in [-0.4, -0.2) is 33.3 Å². The van der Waals surface area contributed by atoms with E-state index >= 15 is 0 Å². The molecule has 1 aliphatic rings. The number of hydroxylamine groups is 2. The Morgan fingerprint density at radius 2 is 2.04 bits per heavy atom. The van der Waals surface area contributed by atoms with E-state index < -0.39 is 11.1 Å². The first-order chi connectivity index (χ1) is 11.1. The molecule has 130 valence electrons. The molecule has 3 N–H and O–H groups in total. The number of hydrogen-bond donors (Lipinski definition) is 3. The van der Waals surface area contributed by atoms with Crippen LogP contribution in [0, 0.1) is 11.5 Å². The van der Waals surface area contributed by atoms with E-state index in [-0.39, 0.29) is 12.0 Å². The van der Waals surface area contributed by atoms with Crippen LogP contribution in [0.4, 0.5) is 5.69 Å². The molecule has 24 heavy (non-hydrogen) atoms. The number of hydrogen-bond acceptors (Lipinski definition) is 4. The molecule has 0 aromatic heterocycles. The maximum Gasteiger partial charge on any atom is 0.212 e. The second-order valence-electron chi connectivity index (χ2n) is 6.99. The molecule has 0 amide bonds. The van der Waals surface area contributed by atoms with Crippen LogP contribution in [0.1, 0.15) is 34.1 Å². The highest BCUT2D eigenvalue weighted by atomic mass is 35.5. The molecule has 0 bridgehead atoms. The topological polar surface area (TPSA) is 83.7 Å². The lowest BCUT2D eigenvalue weighted by Gasteiger charge is -2.36.